The lowest BCUT2D eigenvalue weighted by atomic mass is 10.0. The monoisotopic (exact) mass is 322 g/mol. The molecule has 0 aromatic heterocycles. The van der Waals surface area contributed by atoms with Gasteiger partial charge in [0.25, 0.3) is 0 Å². The molecule has 2 aromatic carbocycles. The van der Waals surface area contributed by atoms with Crippen LogP contribution in [0, 0.1) is 11.3 Å². The summed E-state index contributed by atoms with van der Waals surface area (Å²) in [6.07, 6.45) is 2.24. The number of nitriles is 1. The van der Waals surface area contributed by atoms with Gasteiger partial charge < -0.3 is 9.47 Å². The largest absolute Gasteiger partial charge is 0.497 e. The van der Waals surface area contributed by atoms with Gasteiger partial charge in [0.1, 0.15) is 11.5 Å². The summed E-state index contributed by atoms with van der Waals surface area (Å²) < 4.78 is 10.9. The van der Waals surface area contributed by atoms with E-state index in [0.717, 1.165) is 48.6 Å². The number of hydrogen-bond acceptors (Lipinski definition) is 4. The van der Waals surface area contributed by atoms with Crippen LogP contribution in [0.3, 0.4) is 0 Å². The minimum absolute atomic E-state index is 0.303. The molecular formula is C20H22N2O2. The summed E-state index contributed by atoms with van der Waals surface area (Å²) in [5, 5.41) is 9.31. The van der Waals surface area contributed by atoms with Crippen LogP contribution in [0.25, 0.3) is 0 Å². The first kappa shape index (κ1) is 16.4. The van der Waals surface area contributed by atoms with Crippen molar-refractivity contribution in [3.8, 4) is 17.6 Å². The van der Waals surface area contributed by atoms with Gasteiger partial charge in [0.15, 0.2) is 0 Å². The van der Waals surface area contributed by atoms with Gasteiger partial charge in [0.2, 0.25) is 0 Å². The minimum Gasteiger partial charge on any atom is -0.497 e. The molecular weight excluding hydrogens is 300 g/mol. The fourth-order valence-electron chi connectivity index (χ4n) is 3.45. The maximum atomic E-state index is 9.31. The van der Waals surface area contributed by atoms with E-state index >= 15 is 0 Å². The van der Waals surface area contributed by atoms with Crippen molar-refractivity contribution in [3.63, 3.8) is 0 Å². The summed E-state index contributed by atoms with van der Waals surface area (Å²) in [4.78, 5) is 2.43. The Morgan fingerprint density at radius 3 is 2.75 bits per heavy atom. The van der Waals surface area contributed by atoms with Crippen LogP contribution < -0.4 is 9.47 Å². The molecule has 0 amide bonds. The maximum absolute atomic E-state index is 9.31. The molecule has 0 N–H and O–H groups in total. The predicted octanol–water partition coefficient (Wildman–Crippen LogP) is 3.91. The lowest BCUT2D eigenvalue weighted by molar-refractivity contribution is 0.242. The molecule has 0 saturated carbocycles. The summed E-state index contributed by atoms with van der Waals surface area (Å²) in [6.45, 7) is 1.81. The first-order valence-corrected chi connectivity index (χ1v) is 8.20. The number of nitrogens with zero attached hydrogens (tertiary/aromatic N) is 2. The fraction of sp³-hybridized carbons (Fsp3) is 0.350. The number of rotatable bonds is 5. The SMILES string of the molecule is COc1ccc(C2CCCN2Cc2ccccc2C#N)c(OC)c1. The molecule has 4 nitrogen and oxygen atoms in total. The first-order valence-electron chi connectivity index (χ1n) is 8.20. The van der Waals surface area contributed by atoms with Crippen LogP contribution in [0.2, 0.25) is 0 Å². The smallest absolute Gasteiger partial charge is 0.127 e. The highest BCUT2D eigenvalue weighted by Crippen LogP contribution is 2.39. The Morgan fingerprint density at radius 2 is 2.00 bits per heavy atom. The molecule has 1 atom stereocenters. The summed E-state index contributed by atoms with van der Waals surface area (Å²) in [5.41, 5.74) is 3.02. The van der Waals surface area contributed by atoms with E-state index in [0.29, 0.717) is 6.04 Å². The Balaban J connectivity index is 1.87. The number of likely N-dealkylation sites (tertiary alicyclic amines) is 1. The van der Waals surface area contributed by atoms with Gasteiger partial charge >= 0.3 is 0 Å². The van der Waals surface area contributed by atoms with E-state index in [2.05, 4.69) is 17.0 Å². The Bertz CT molecular complexity index is 752. The van der Waals surface area contributed by atoms with Crippen molar-refractivity contribution in [2.75, 3.05) is 20.8 Å². The molecule has 1 aliphatic heterocycles. The average molecular weight is 322 g/mol. The van der Waals surface area contributed by atoms with Crippen LogP contribution in [0.1, 0.15) is 35.6 Å². The van der Waals surface area contributed by atoms with E-state index in [1.165, 1.54) is 5.56 Å². The van der Waals surface area contributed by atoms with Gasteiger partial charge in [-0.3, -0.25) is 4.90 Å². The molecule has 0 bridgehead atoms. The van der Waals surface area contributed by atoms with Crippen LogP contribution >= 0.6 is 0 Å². The number of methoxy groups -OCH3 is 2. The molecule has 1 unspecified atom stereocenters. The Morgan fingerprint density at radius 1 is 1.17 bits per heavy atom. The minimum atomic E-state index is 0.303. The molecule has 1 aliphatic rings. The Labute approximate surface area is 143 Å². The number of benzene rings is 2. The second-order valence-electron chi connectivity index (χ2n) is 6.01. The van der Waals surface area contributed by atoms with Crippen molar-refractivity contribution in [1.82, 2.24) is 4.90 Å². The normalized spacial score (nSPS) is 17.5. The van der Waals surface area contributed by atoms with Gasteiger partial charge in [-0.05, 0) is 37.1 Å². The zero-order valence-corrected chi connectivity index (χ0v) is 14.2. The third kappa shape index (κ3) is 3.22. The summed E-state index contributed by atoms with van der Waals surface area (Å²) >= 11 is 0. The van der Waals surface area contributed by atoms with Crippen molar-refractivity contribution in [2.45, 2.75) is 25.4 Å². The van der Waals surface area contributed by atoms with Crippen molar-refractivity contribution >= 4 is 0 Å². The van der Waals surface area contributed by atoms with Gasteiger partial charge in [-0.15, -0.1) is 0 Å². The average Bonchev–Trinajstić information content (AvgIpc) is 3.09. The third-order valence-corrected chi connectivity index (χ3v) is 4.67. The predicted molar refractivity (Wildman–Crippen MR) is 93.1 cm³/mol. The van der Waals surface area contributed by atoms with Gasteiger partial charge in [-0.25, -0.2) is 0 Å². The molecule has 24 heavy (non-hydrogen) atoms. The molecule has 4 heteroatoms. The van der Waals surface area contributed by atoms with Crippen LogP contribution in [-0.4, -0.2) is 25.7 Å². The second-order valence-corrected chi connectivity index (χ2v) is 6.01. The van der Waals surface area contributed by atoms with Crippen LogP contribution in [0.15, 0.2) is 42.5 Å². The Hall–Kier alpha value is -2.51. The molecule has 0 radical (unpaired) electrons. The highest BCUT2D eigenvalue weighted by Gasteiger charge is 2.28. The molecule has 0 spiro atoms. The fourth-order valence-corrected chi connectivity index (χ4v) is 3.45. The van der Waals surface area contributed by atoms with Crippen molar-refractivity contribution in [1.29, 1.82) is 5.26 Å². The van der Waals surface area contributed by atoms with E-state index in [1.54, 1.807) is 14.2 Å². The maximum Gasteiger partial charge on any atom is 0.127 e. The summed E-state index contributed by atoms with van der Waals surface area (Å²) in [6, 6.07) is 16.4. The van der Waals surface area contributed by atoms with Crippen molar-refractivity contribution < 1.29 is 9.47 Å². The molecule has 1 saturated heterocycles. The molecule has 124 valence electrons. The summed E-state index contributed by atoms with van der Waals surface area (Å²) in [7, 11) is 3.36. The van der Waals surface area contributed by atoms with E-state index in [-0.39, 0.29) is 0 Å². The molecule has 2 aromatic rings. The third-order valence-electron chi connectivity index (χ3n) is 4.67. The van der Waals surface area contributed by atoms with Crippen molar-refractivity contribution in [2.24, 2.45) is 0 Å². The lowest BCUT2D eigenvalue weighted by Crippen LogP contribution is -2.23. The molecule has 1 heterocycles. The van der Waals surface area contributed by atoms with E-state index in [4.69, 9.17) is 9.47 Å². The van der Waals surface area contributed by atoms with Gasteiger partial charge in [0.05, 0.1) is 25.9 Å². The second kappa shape index (κ2) is 7.37. The molecule has 0 aliphatic carbocycles. The Kier molecular flexibility index (Phi) is 5.02. The zero-order valence-electron chi connectivity index (χ0n) is 14.2. The number of hydrogen-bond donors (Lipinski definition) is 0. The number of ether oxygens (including phenoxy) is 2. The van der Waals surface area contributed by atoms with Crippen LogP contribution in [0.5, 0.6) is 11.5 Å². The standard InChI is InChI=1S/C20H22N2O2/c1-23-17-9-10-18(20(12-17)24-2)19-8-5-11-22(19)14-16-7-4-3-6-15(16)13-21/h3-4,6-7,9-10,12,19H,5,8,11,14H2,1-2H3. The quantitative estimate of drug-likeness (QED) is 0.837. The lowest BCUT2D eigenvalue weighted by Gasteiger charge is -2.26. The van der Waals surface area contributed by atoms with Crippen LogP contribution in [0.4, 0.5) is 0 Å². The van der Waals surface area contributed by atoms with Crippen molar-refractivity contribution in [3.05, 3.63) is 59.2 Å². The van der Waals surface area contributed by atoms with Gasteiger partial charge in [-0.1, -0.05) is 24.3 Å². The van der Waals surface area contributed by atoms with E-state index in [1.807, 2.05) is 36.4 Å². The highest BCUT2D eigenvalue weighted by atomic mass is 16.5. The zero-order chi connectivity index (χ0) is 16.9. The van der Waals surface area contributed by atoms with Crippen LogP contribution in [-0.2, 0) is 6.54 Å². The molecule has 3 rings (SSSR count). The summed E-state index contributed by atoms with van der Waals surface area (Å²) in [5.74, 6) is 1.66. The van der Waals surface area contributed by atoms with Gasteiger partial charge in [-0.2, -0.15) is 5.26 Å². The molecule has 1 fully saturated rings. The highest BCUT2D eigenvalue weighted by molar-refractivity contribution is 5.43. The van der Waals surface area contributed by atoms with Gasteiger partial charge in [0, 0.05) is 24.2 Å². The van der Waals surface area contributed by atoms with E-state index in [9.17, 15) is 5.26 Å². The topological polar surface area (TPSA) is 45.5 Å². The van der Waals surface area contributed by atoms with E-state index < -0.39 is 0 Å². The first-order chi connectivity index (χ1) is 11.8.